The van der Waals surface area contributed by atoms with Crippen molar-refractivity contribution in [2.75, 3.05) is 7.11 Å². The standard InChI is InChI=1S/C12H17N2O.CH2O2/c1-4-13-9-14(5-2)12-8-10(15-3)6-7-11(12)13;2-1-3/h6-9H,4-5H2,1-3H3;1H,(H,2,3)/q+1;/p-1. The number of ether oxygens (including phenoxy) is 1. The fourth-order valence-corrected chi connectivity index (χ4v) is 1.90. The van der Waals surface area contributed by atoms with Crippen molar-refractivity contribution in [3.63, 3.8) is 0 Å². The molecule has 0 fully saturated rings. The van der Waals surface area contributed by atoms with Crippen LogP contribution in [-0.4, -0.2) is 18.1 Å². The summed E-state index contributed by atoms with van der Waals surface area (Å²) in [4.78, 5) is 8.25. The number of methoxy groups -OCH3 is 1. The number of aromatic nitrogens is 2. The Bertz CT molecular complexity index is 520. The van der Waals surface area contributed by atoms with E-state index in [1.165, 1.54) is 11.0 Å². The van der Waals surface area contributed by atoms with Gasteiger partial charge in [0.05, 0.1) is 20.2 Å². The number of rotatable bonds is 3. The van der Waals surface area contributed by atoms with Crippen LogP contribution in [0.1, 0.15) is 13.8 Å². The molecular formula is C13H18N2O3. The maximum atomic E-state index is 8.25. The number of hydrogen-bond acceptors (Lipinski definition) is 3. The lowest BCUT2D eigenvalue weighted by Crippen LogP contribution is -2.30. The summed E-state index contributed by atoms with van der Waals surface area (Å²) < 4.78 is 9.73. The van der Waals surface area contributed by atoms with E-state index < -0.39 is 6.47 Å². The van der Waals surface area contributed by atoms with Gasteiger partial charge in [0.2, 0.25) is 6.33 Å². The number of carboxylic acid groups (broad SMARTS) is 1. The van der Waals surface area contributed by atoms with Crippen molar-refractivity contribution in [3.05, 3.63) is 24.5 Å². The van der Waals surface area contributed by atoms with Gasteiger partial charge in [-0.2, -0.15) is 0 Å². The summed E-state index contributed by atoms with van der Waals surface area (Å²) in [6.07, 6.45) is 2.16. The first kappa shape index (κ1) is 14.0. The van der Waals surface area contributed by atoms with Gasteiger partial charge in [0.1, 0.15) is 5.75 Å². The van der Waals surface area contributed by atoms with Crippen molar-refractivity contribution in [1.82, 2.24) is 4.57 Å². The molecule has 98 valence electrons. The number of aryl methyl sites for hydroxylation is 2. The highest BCUT2D eigenvalue weighted by Gasteiger charge is 2.13. The summed E-state index contributed by atoms with van der Waals surface area (Å²) in [6.45, 7) is 5.79. The molecule has 1 aromatic heterocycles. The van der Waals surface area contributed by atoms with Crippen molar-refractivity contribution in [2.24, 2.45) is 0 Å². The third kappa shape index (κ3) is 2.80. The highest BCUT2D eigenvalue weighted by atomic mass is 16.5. The highest BCUT2D eigenvalue weighted by Crippen LogP contribution is 2.18. The van der Waals surface area contributed by atoms with E-state index in [0.29, 0.717) is 0 Å². The van der Waals surface area contributed by atoms with Gasteiger partial charge in [-0.1, -0.05) is 0 Å². The van der Waals surface area contributed by atoms with E-state index in [1.54, 1.807) is 7.11 Å². The third-order valence-corrected chi connectivity index (χ3v) is 2.76. The smallest absolute Gasteiger partial charge is 0.244 e. The van der Waals surface area contributed by atoms with Crippen LogP contribution in [0.5, 0.6) is 5.75 Å². The molecule has 2 aromatic rings. The number of benzene rings is 1. The Morgan fingerprint density at radius 3 is 2.61 bits per heavy atom. The summed E-state index contributed by atoms with van der Waals surface area (Å²) in [7, 11) is 1.70. The van der Waals surface area contributed by atoms with E-state index >= 15 is 0 Å². The number of nitrogens with zero attached hydrogens (tertiary/aromatic N) is 2. The Morgan fingerprint density at radius 2 is 2.11 bits per heavy atom. The van der Waals surface area contributed by atoms with Crippen LogP contribution >= 0.6 is 0 Å². The summed E-state index contributed by atoms with van der Waals surface area (Å²) in [6, 6.07) is 6.21. The Balaban J connectivity index is 0.000000492. The van der Waals surface area contributed by atoms with Gasteiger partial charge >= 0.3 is 0 Å². The van der Waals surface area contributed by atoms with Gasteiger partial charge in [0.25, 0.3) is 0 Å². The lowest BCUT2D eigenvalue weighted by Gasteiger charge is -1.98. The Labute approximate surface area is 106 Å². The van der Waals surface area contributed by atoms with Gasteiger partial charge in [-0.05, 0) is 26.0 Å². The number of carbonyl (C=O) groups is 1. The van der Waals surface area contributed by atoms with Crippen LogP contribution in [0, 0.1) is 0 Å². The second-order valence-electron chi connectivity index (χ2n) is 3.64. The van der Waals surface area contributed by atoms with E-state index in [-0.39, 0.29) is 0 Å². The lowest BCUT2D eigenvalue weighted by atomic mass is 10.3. The minimum Gasteiger partial charge on any atom is -0.554 e. The molecule has 0 spiro atoms. The van der Waals surface area contributed by atoms with Gasteiger partial charge in [0.15, 0.2) is 11.0 Å². The number of hydrogen-bond donors (Lipinski definition) is 0. The fraction of sp³-hybridized carbons (Fsp3) is 0.385. The minimum atomic E-state index is -0.500. The summed E-state index contributed by atoms with van der Waals surface area (Å²) >= 11 is 0. The molecule has 0 aliphatic rings. The highest BCUT2D eigenvalue weighted by molar-refractivity contribution is 5.73. The van der Waals surface area contributed by atoms with Crippen LogP contribution < -0.4 is 14.4 Å². The SMILES string of the molecule is CCn1c[n+](CC)c2ccc(OC)cc21.O=C[O-]. The van der Waals surface area contributed by atoms with Crippen LogP contribution in [0.25, 0.3) is 11.0 Å². The maximum Gasteiger partial charge on any atom is 0.244 e. The molecule has 0 atom stereocenters. The van der Waals surface area contributed by atoms with Crippen molar-refractivity contribution in [3.8, 4) is 5.75 Å². The van der Waals surface area contributed by atoms with Gasteiger partial charge in [-0.3, -0.25) is 0 Å². The van der Waals surface area contributed by atoms with Crippen LogP contribution in [0.3, 0.4) is 0 Å². The molecule has 0 bridgehead atoms. The van der Waals surface area contributed by atoms with Crippen molar-refractivity contribution in [1.29, 1.82) is 0 Å². The molecule has 18 heavy (non-hydrogen) atoms. The van der Waals surface area contributed by atoms with Crippen LogP contribution in [-0.2, 0) is 17.9 Å². The molecule has 5 heteroatoms. The molecule has 0 saturated heterocycles. The van der Waals surface area contributed by atoms with E-state index in [4.69, 9.17) is 14.6 Å². The third-order valence-electron chi connectivity index (χ3n) is 2.76. The second-order valence-corrected chi connectivity index (χ2v) is 3.64. The van der Waals surface area contributed by atoms with Crippen LogP contribution in [0.4, 0.5) is 0 Å². The van der Waals surface area contributed by atoms with E-state index in [0.717, 1.165) is 18.8 Å². The number of carbonyl (C=O) groups excluding carboxylic acids is 1. The largest absolute Gasteiger partial charge is 0.554 e. The molecule has 2 rings (SSSR count). The van der Waals surface area contributed by atoms with Gasteiger partial charge in [0, 0.05) is 12.5 Å². The molecule has 0 amide bonds. The minimum absolute atomic E-state index is 0.500. The van der Waals surface area contributed by atoms with Crippen molar-refractivity contribution < 1.29 is 19.2 Å². The first-order valence-electron chi connectivity index (χ1n) is 5.83. The van der Waals surface area contributed by atoms with Gasteiger partial charge in [-0.25, -0.2) is 9.13 Å². The van der Waals surface area contributed by atoms with Crippen LogP contribution in [0.2, 0.25) is 0 Å². The molecule has 0 aliphatic heterocycles. The average Bonchev–Trinajstić information content (AvgIpc) is 2.76. The Kier molecular flexibility index (Phi) is 5.17. The first-order chi connectivity index (χ1) is 8.71. The lowest BCUT2D eigenvalue weighted by molar-refractivity contribution is -0.668. The summed E-state index contributed by atoms with van der Waals surface area (Å²) in [5.41, 5.74) is 2.50. The van der Waals surface area contributed by atoms with Crippen molar-refractivity contribution in [2.45, 2.75) is 26.9 Å². The molecule has 0 radical (unpaired) electrons. The number of imidazole rings is 1. The average molecular weight is 250 g/mol. The molecule has 5 nitrogen and oxygen atoms in total. The Morgan fingerprint density at radius 1 is 1.44 bits per heavy atom. The molecule has 1 aromatic carbocycles. The number of fused-ring (bicyclic) bond motifs is 1. The predicted octanol–water partition coefficient (Wildman–Crippen LogP) is 0.343. The fourth-order valence-electron chi connectivity index (χ4n) is 1.90. The first-order valence-corrected chi connectivity index (χ1v) is 5.83. The van der Waals surface area contributed by atoms with Crippen LogP contribution in [0.15, 0.2) is 24.5 Å². The van der Waals surface area contributed by atoms with Crippen molar-refractivity contribution >= 4 is 17.5 Å². The second kappa shape index (κ2) is 6.64. The molecule has 0 saturated carbocycles. The maximum absolute atomic E-state index is 8.25. The zero-order valence-corrected chi connectivity index (χ0v) is 10.9. The Hall–Kier alpha value is -2.04. The molecule has 0 unspecified atom stereocenters. The predicted molar refractivity (Wildman–Crippen MR) is 66.1 cm³/mol. The topological polar surface area (TPSA) is 58.2 Å². The molecule has 0 aliphatic carbocycles. The normalized spacial score (nSPS) is 9.72. The zero-order valence-electron chi connectivity index (χ0n) is 10.9. The molecule has 1 heterocycles. The van der Waals surface area contributed by atoms with E-state index in [2.05, 4.69) is 41.4 Å². The quantitative estimate of drug-likeness (QED) is 0.583. The summed E-state index contributed by atoms with van der Waals surface area (Å²) in [5.74, 6) is 0.915. The van der Waals surface area contributed by atoms with Gasteiger partial charge in [-0.15, -0.1) is 0 Å². The molecular weight excluding hydrogens is 232 g/mol. The monoisotopic (exact) mass is 250 g/mol. The van der Waals surface area contributed by atoms with E-state index in [1.807, 2.05) is 6.07 Å². The zero-order chi connectivity index (χ0) is 13.5. The van der Waals surface area contributed by atoms with Gasteiger partial charge < -0.3 is 14.6 Å². The van der Waals surface area contributed by atoms with E-state index in [9.17, 15) is 0 Å². The molecule has 0 N–H and O–H groups in total. The summed E-state index contributed by atoms with van der Waals surface area (Å²) in [5, 5.41) is 8.25.